The maximum Gasteiger partial charge on any atom is 0.145 e. The lowest BCUT2D eigenvalue weighted by molar-refractivity contribution is 0.362. The highest BCUT2D eigenvalue weighted by Crippen LogP contribution is 2.23. The lowest BCUT2D eigenvalue weighted by Gasteiger charge is -2.10. The third kappa shape index (κ3) is 6.10. The topological polar surface area (TPSA) is 21.6 Å². The van der Waals surface area contributed by atoms with Gasteiger partial charge in [-0.15, -0.1) is 0 Å². The number of hydrogen-bond donors (Lipinski definition) is 0. The molecule has 0 spiro atoms. The second-order valence-electron chi connectivity index (χ2n) is 4.52. The molecule has 2 nitrogen and oxygen atoms in total. The molecule has 0 aliphatic rings. The number of ether oxygens (including phenoxy) is 1. The van der Waals surface area contributed by atoms with Crippen LogP contribution in [0, 0.1) is 5.82 Å². The lowest BCUT2D eigenvalue weighted by atomic mass is 10.3. The highest BCUT2D eigenvalue weighted by molar-refractivity contribution is 7.99. The van der Waals surface area contributed by atoms with E-state index in [1.807, 2.05) is 0 Å². The Labute approximate surface area is 116 Å². The summed E-state index contributed by atoms with van der Waals surface area (Å²) < 4.78 is 22.5. The van der Waals surface area contributed by atoms with E-state index in [0.717, 1.165) is 0 Å². The molecule has 1 rings (SSSR count). The van der Waals surface area contributed by atoms with Gasteiger partial charge in [-0.25, -0.2) is 4.39 Å². The molecular weight excluding hydrogens is 273 g/mol. The first-order valence-corrected chi connectivity index (χ1v) is 6.57. The van der Waals surface area contributed by atoms with Gasteiger partial charge in [0.05, 0.1) is 5.02 Å². The summed E-state index contributed by atoms with van der Waals surface area (Å²) in [6.45, 7) is 6.48. The summed E-state index contributed by atoms with van der Waals surface area (Å²) in [6.07, 6.45) is 1.64. The van der Waals surface area contributed by atoms with Crippen LogP contribution in [-0.4, -0.2) is 17.2 Å². The fraction of sp³-hybridized carbons (Fsp3) is 0.385. The highest BCUT2D eigenvalue weighted by Gasteiger charge is 2.08. The van der Waals surface area contributed by atoms with E-state index in [1.54, 1.807) is 12.1 Å². The van der Waals surface area contributed by atoms with Gasteiger partial charge >= 0.3 is 0 Å². The van der Waals surface area contributed by atoms with Gasteiger partial charge in [-0.2, -0.15) is 4.40 Å². The summed E-state index contributed by atoms with van der Waals surface area (Å²) in [5.41, 5.74) is 0. The molecule has 5 heteroatoms. The van der Waals surface area contributed by atoms with Crippen molar-refractivity contribution in [3.63, 3.8) is 0 Å². The third-order valence-electron chi connectivity index (χ3n) is 1.69. The Morgan fingerprint density at radius 2 is 2.22 bits per heavy atom. The normalized spacial score (nSPS) is 10.7. The van der Waals surface area contributed by atoms with Crippen molar-refractivity contribution in [3.8, 4) is 5.75 Å². The average Bonchev–Trinajstić information content (AvgIpc) is 2.26. The number of halogens is 2. The molecule has 0 radical (unpaired) electrons. The van der Waals surface area contributed by atoms with Gasteiger partial charge in [-0.3, -0.25) is 0 Å². The van der Waals surface area contributed by atoms with Crippen molar-refractivity contribution in [3.05, 3.63) is 35.1 Å². The van der Waals surface area contributed by atoms with Gasteiger partial charge in [0.1, 0.15) is 18.2 Å². The number of rotatable bonds is 4. The van der Waals surface area contributed by atoms with E-state index in [9.17, 15) is 4.39 Å². The Bertz CT molecular complexity index is 465. The van der Waals surface area contributed by atoms with Gasteiger partial charge in [0.2, 0.25) is 0 Å². The van der Waals surface area contributed by atoms with E-state index in [4.69, 9.17) is 16.3 Å². The van der Waals surface area contributed by atoms with Crippen molar-refractivity contribution >= 4 is 29.4 Å². The first kappa shape index (κ1) is 15.1. The Morgan fingerprint density at radius 1 is 1.50 bits per heavy atom. The molecule has 0 fully saturated rings. The Hall–Kier alpha value is -0.960. The van der Waals surface area contributed by atoms with Crippen LogP contribution in [-0.2, 0) is 0 Å². The monoisotopic (exact) mass is 287 g/mol. The van der Waals surface area contributed by atoms with Gasteiger partial charge in [-0.1, -0.05) is 11.6 Å². The van der Waals surface area contributed by atoms with Crippen molar-refractivity contribution in [2.45, 2.75) is 25.5 Å². The molecule has 1 aromatic carbocycles. The molecule has 0 atom stereocenters. The second kappa shape index (κ2) is 6.83. The largest absolute Gasteiger partial charge is 0.489 e. The van der Waals surface area contributed by atoms with Crippen molar-refractivity contribution in [1.82, 2.24) is 0 Å². The zero-order valence-corrected chi connectivity index (χ0v) is 12.1. The van der Waals surface area contributed by atoms with E-state index in [-0.39, 0.29) is 16.4 Å². The van der Waals surface area contributed by atoms with Crippen molar-refractivity contribution in [1.29, 1.82) is 0 Å². The van der Waals surface area contributed by atoms with E-state index < -0.39 is 5.82 Å². The Kier molecular flexibility index (Phi) is 5.73. The zero-order chi connectivity index (χ0) is 13.6. The molecular formula is C13H15ClFNOS. The molecule has 0 amide bonds. The van der Waals surface area contributed by atoms with Gasteiger partial charge < -0.3 is 4.74 Å². The lowest BCUT2D eigenvalue weighted by Crippen LogP contribution is -2.04. The van der Waals surface area contributed by atoms with Crippen LogP contribution in [0.3, 0.4) is 0 Å². The molecule has 0 aliphatic carbocycles. The van der Waals surface area contributed by atoms with Crippen LogP contribution in [0.2, 0.25) is 5.02 Å². The van der Waals surface area contributed by atoms with Crippen LogP contribution < -0.4 is 4.74 Å². The standard InChI is InChI=1S/C13H15ClFNOS/c1-13(2,3)18-16-7-4-8-17-10-5-6-11(14)12(15)9-10/h4-6,9H,8H2,1-3H3. The van der Waals surface area contributed by atoms with Crippen molar-refractivity contribution in [2.75, 3.05) is 6.61 Å². The summed E-state index contributed by atoms with van der Waals surface area (Å²) >= 11 is 6.99. The quantitative estimate of drug-likeness (QED) is 0.599. The Morgan fingerprint density at radius 3 is 2.83 bits per heavy atom. The summed E-state index contributed by atoms with van der Waals surface area (Å²) in [5.74, 6) is 2.69. The maximum atomic E-state index is 13.1. The number of hydrogen-bond acceptors (Lipinski definition) is 3. The van der Waals surface area contributed by atoms with Crippen molar-refractivity contribution in [2.24, 2.45) is 4.40 Å². The fourth-order valence-electron chi connectivity index (χ4n) is 0.942. The van der Waals surface area contributed by atoms with Crippen LogP contribution >= 0.6 is 23.5 Å². The summed E-state index contributed by atoms with van der Waals surface area (Å²) in [6, 6.07) is 4.32. The molecule has 0 aliphatic heterocycles. The van der Waals surface area contributed by atoms with Crippen molar-refractivity contribution < 1.29 is 9.13 Å². The van der Waals surface area contributed by atoms with E-state index in [0.29, 0.717) is 5.75 Å². The fourth-order valence-corrected chi connectivity index (χ4v) is 1.46. The first-order chi connectivity index (χ1) is 8.38. The van der Waals surface area contributed by atoms with E-state index in [2.05, 4.69) is 31.0 Å². The minimum atomic E-state index is -0.491. The van der Waals surface area contributed by atoms with E-state index in [1.165, 1.54) is 24.1 Å². The first-order valence-electron chi connectivity index (χ1n) is 5.42. The zero-order valence-electron chi connectivity index (χ0n) is 10.5. The molecule has 0 saturated heterocycles. The Balaban J connectivity index is 2.42. The van der Waals surface area contributed by atoms with Crippen LogP contribution in [0.1, 0.15) is 20.8 Å². The number of benzene rings is 1. The average molecular weight is 288 g/mol. The van der Waals surface area contributed by atoms with Crippen LogP contribution in [0.4, 0.5) is 4.39 Å². The van der Waals surface area contributed by atoms with Gasteiger partial charge in [-0.05, 0) is 50.7 Å². The molecule has 0 saturated carbocycles. The summed E-state index contributed by atoms with van der Waals surface area (Å²) in [7, 11) is 0. The summed E-state index contributed by atoms with van der Waals surface area (Å²) in [5, 5.41) is 0.0843. The smallest absolute Gasteiger partial charge is 0.145 e. The molecule has 18 heavy (non-hydrogen) atoms. The predicted octanol–water partition coefficient (Wildman–Crippen LogP) is 4.53. The summed E-state index contributed by atoms with van der Waals surface area (Å²) in [4.78, 5) is 0. The van der Waals surface area contributed by atoms with Crippen LogP contribution in [0.5, 0.6) is 5.75 Å². The molecule has 0 N–H and O–H groups in total. The minimum Gasteiger partial charge on any atom is -0.489 e. The molecule has 1 aromatic rings. The van der Waals surface area contributed by atoms with Gasteiger partial charge in [0.25, 0.3) is 0 Å². The molecule has 0 aromatic heterocycles. The highest BCUT2D eigenvalue weighted by atomic mass is 35.5. The van der Waals surface area contributed by atoms with Crippen LogP contribution in [0.15, 0.2) is 28.7 Å². The van der Waals surface area contributed by atoms with Gasteiger partial charge in [0, 0.05) is 16.9 Å². The van der Waals surface area contributed by atoms with E-state index >= 15 is 0 Å². The molecule has 0 heterocycles. The molecule has 0 unspecified atom stereocenters. The van der Waals surface area contributed by atoms with Crippen LogP contribution in [0.25, 0.3) is 0 Å². The SMILES string of the molecule is CC(C)(C)SN=C=CCOc1ccc(Cl)c(F)c1. The van der Waals surface area contributed by atoms with Gasteiger partial charge in [0.15, 0.2) is 0 Å². The minimum absolute atomic E-state index is 0.0704. The molecule has 98 valence electrons. The number of nitrogens with zero attached hydrogens (tertiary/aromatic N) is 1. The second-order valence-corrected chi connectivity index (χ2v) is 6.51. The maximum absolute atomic E-state index is 13.1. The predicted molar refractivity (Wildman–Crippen MR) is 76.3 cm³/mol. The third-order valence-corrected chi connectivity index (χ3v) is 2.74. The molecule has 0 bridgehead atoms.